The first-order valence-corrected chi connectivity index (χ1v) is 8.65. The van der Waals surface area contributed by atoms with Gasteiger partial charge in [0.25, 0.3) is 0 Å². The summed E-state index contributed by atoms with van der Waals surface area (Å²) in [6.45, 7) is 0. The molecule has 28 heavy (non-hydrogen) atoms. The van der Waals surface area contributed by atoms with Gasteiger partial charge >= 0.3 is 5.97 Å². The average Bonchev–Trinajstić information content (AvgIpc) is 3.17. The normalized spacial score (nSPS) is 10.5. The molecule has 144 valence electrons. The van der Waals surface area contributed by atoms with Gasteiger partial charge in [-0.05, 0) is 55.0 Å². The number of carbonyl (C=O) groups excluding carboxylic acids is 1. The van der Waals surface area contributed by atoms with Crippen molar-refractivity contribution in [2.24, 2.45) is 0 Å². The van der Waals surface area contributed by atoms with Gasteiger partial charge in [-0.25, -0.2) is 4.79 Å². The minimum Gasteiger partial charge on any atom is -0.497 e. The highest BCUT2D eigenvalue weighted by molar-refractivity contribution is 5.92. The summed E-state index contributed by atoms with van der Waals surface area (Å²) < 4.78 is 10.3. The molecule has 0 saturated carbocycles. The smallest absolute Gasteiger partial charge is 0.335 e. The van der Waals surface area contributed by atoms with Gasteiger partial charge in [-0.15, -0.1) is 0 Å². The number of nitrogens with one attached hydrogen (secondary N) is 1. The number of amides is 1. The van der Waals surface area contributed by atoms with Crippen LogP contribution in [0, 0.1) is 0 Å². The fourth-order valence-corrected chi connectivity index (χ4v) is 2.53. The number of rotatable bonds is 8. The number of aromatic carboxylic acids is 1. The van der Waals surface area contributed by atoms with Crippen molar-refractivity contribution >= 4 is 17.6 Å². The minimum atomic E-state index is -1.01. The molecule has 0 aliphatic rings. The van der Waals surface area contributed by atoms with Crippen molar-refractivity contribution in [2.45, 2.75) is 19.3 Å². The number of aromatic nitrogens is 2. The van der Waals surface area contributed by atoms with E-state index >= 15 is 0 Å². The summed E-state index contributed by atoms with van der Waals surface area (Å²) in [6, 6.07) is 13.3. The zero-order valence-corrected chi connectivity index (χ0v) is 15.2. The van der Waals surface area contributed by atoms with Gasteiger partial charge in [0.15, 0.2) is 0 Å². The van der Waals surface area contributed by atoms with Crippen LogP contribution in [0.1, 0.15) is 29.1 Å². The van der Waals surface area contributed by atoms with E-state index in [0.29, 0.717) is 30.2 Å². The van der Waals surface area contributed by atoms with Gasteiger partial charge in [0.1, 0.15) is 5.75 Å². The lowest BCUT2D eigenvalue weighted by molar-refractivity contribution is -0.116. The third-order valence-electron chi connectivity index (χ3n) is 4.03. The van der Waals surface area contributed by atoms with E-state index < -0.39 is 5.97 Å². The molecule has 0 fully saturated rings. The molecule has 3 aromatic rings. The molecule has 3 rings (SSSR count). The van der Waals surface area contributed by atoms with Crippen LogP contribution >= 0.6 is 0 Å². The quantitative estimate of drug-likeness (QED) is 0.614. The molecule has 1 aromatic heterocycles. The maximum absolute atomic E-state index is 12.0. The Bertz CT molecular complexity index is 949. The van der Waals surface area contributed by atoms with Gasteiger partial charge in [-0.1, -0.05) is 5.16 Å². The molecular weight excluding hydrogens is 362 g/mol. The monoisotopic (exact) mass is 381 g/mol. The number of carboxylic acid groups (broad SMARTS) is 1. The fraction of sp³-hybridized carbons (Fsp3) is 0.200. The Morgan fingerprint density at radius 3 is 2.46 bits per heavy atom. The summed E-state index contributed by atoms with van der Waals surface area (Å²) in [5, 5.41) is 15.5. The number of nitrogens with zero attached hydrogens (tertiary/aromatic N) is 2. The molecule has 0 aliphatic carbocycles. The van der Waals surface area contributed by atoms with Crippen LogP contribution in [0.3, 0.4) is 0 Å². The molecule has 0 spiro atoms. The van der Waals surface area contributed by atoms with E-state index in [1.165, 1.54) is 12.1 Å². The largest absolute Gasteiger partial charge is 0.497 e. The van der Waals surface area contributed by atoms with Crippen LogP contribution in [0.15, 0.2) is 53.1 Å². The Balaban J connectivity index is 1.47. The number of benzene rings is 2. The predicted octanol–water partition coefficient (Wildman–Crippen LogP) is 3.40. The van der Waals surface area contributed by atoms with Gasteiger partial charge in [-0.3, -0.25) is 4.79 Å². The molecule has 8 nitrogen and oxygen atoms in total. The second kappa shape index (κ2) is 8.81. The molecule has 8 heteroatoms. The van der Waals surface area contributed by atoms with Gasteiger partial charge in [0, 0.05) is 24.1 Å². The Kier molecular flexibility index (Phi) is 6.01. The van der Waals surface area contributed by atoms with Crippen LogP contribution in [-0.4, -0.2) is 34.2 Å². The highest BCUT2D eigenvalue weighted by Gasteiger charge is 2.10. The summed E-state index contributed by atoms with van der Waals surface area (Å²) in [5.41, 5.74) is 1.54. The first kappa shape index (κ1) is 19.1. The van der Waals surface area contributed by atoms with Gasteiger partial charge in [-0.2, -0.15) is 4.98 Å². The van der Waals surface area contributed by atoms with Crippen molar-refractivity contribution in [3.63, 3.8) is 0 Å². The maximum Gasteiger partial charge on any atom is 0.335 e. The first-order chi connectivity index (χ1) is 13.5. The molecule has 0 unspecified atom stereocenters. The van der Waals surface area contributed by atoms with E-state index in [1.54, 1.807) is 19.2 Å². The third-order valence-corrected chi connectivity index (χ3v) is 4.03. The Hall–Kier alpha value is -3.68. The van der Waals surface area contributed by atoms with Crippen LogP contribution in [0.4, 0.5) is 5.69 Å². The van der Waals surface area contributed by atoms with E-state index in [-0.39, 0.29) is 17.9 Å². The summed E-state index contributed by atoms with van der Waals surface area (Å²) in [7, 11) is 1.60. The molecule has 0 saturated heterocycles. The van der Waals surface area contributed by atoms with E-state index in [2.05, 4.69) is 15.5 Å². The standard InChI is InChI=1S/C20H19N3O5/c1-27-16-11-7-13(8-12-16)19-22-18(28-23-19)4-2-3-17(24)21-15-9-5-14(6-10-15)20(25)26/h5-12H,2-4H2,1H3,(H,21,24)(H,25,26). The minimum absolute atomic E-state index is 0.169. The zero-order valence-electron chi connectivity index (χ0n) is 15.2. The molecular formula is C20H19N3O5. The van der Waals surface area contributed by atoms with Crippen molar-refractivity contribution in [1.29, 1.82) is 0 Å². The molecule has 1 heterocycles. The molecule has 2 aromatic carbocycles. The van der Waals surface area contributed by atoms with Gasteiger partial charge in [0.2, 0.25) is 17.6 Å². The first-order valence-electron chi connectivity index (χ1n) is 8.65. The van der Waals surface area contributed by atoms with E-state index in [1.807, 2.05) is 24.3 Å². The molecule has 0 atom stereocenters. The number of carbonyl (C=O) groups is 2. The molecule has 0 bridgehead atoms. The number of ether oxygens (including phenoxy) is 1. The van der Waals surface area contributed by atoms with E-state index in [4.69, 9.17) is 14.4 Å². The number of hydrogen-bond donors (Lipinski definition) is 2. The Labute approximate surface area is 161 Å². The number of anilines is 1. The molecule has 1 amide bonds. The van der Waals surface area contributed by atoms with E-state index in [0.717, 1.165) is 11.3 Å². The molecule has 0 aliphatic heterocycles. The highest BCUT2D eigenvalue weighted by atomic mass is 16.5. The van der Waals surface area contributed by atoms with Crippen molar-refractivity contribution in [3.8, 4) is 17.1 Å². The molecule has 2 N–H and O–H groups in total. The van der Waals surface area contributed by atoms with Crippen LogP contribution < -0.4 is 10.1 Å². The lowest BCUT2D eigenvalue weighted by Crippen LogP contribution is -2.11. The van der Waals surface area contributed by atoms with Crippen molar-refractivity contribution in [2.75, 3.05) is 12.4 Å². The second-order valence-corrected chi connectivity index (χ2v) is 6.02. The molecule has 0 radical (unpaired) electrons. The lowest BCUT2D eigenvalue weighted by atomic mass is 10.2. The fourth-order valence-electron chi connectivity index (χ4n) is 2.53. The highest BCUT2D eigenvalue weighted by Crippen LogP contribution is 2.20. The van der Waals surface area contributed by atoms with Crippen LogP contribution in [0.25, 0.3) is 11.4 Å². The number of methoxy groups -OCH3 is 1. The SMILES string of the molecule is COc1ccc(-c2noc(CCCC(=O)Nc3ccc(C(=O)O)cc3)n2)cc1. The van der Waals surface area contributed by atoms with Crippen molar-refractivity contribution in [3.05, 3.63) is 60.0 Å². The average molecular weight is 381 g/mol. The number of aryl methyl sites for hydroxylation is 1. The summed E-state index contributed by atoms with van der Waals surface area (Å²) in [6.07, 6.45) is 1.30. The maximum atomic E-state index is 12.0. The summed E-state index contributed by atoms with van der Waals surface area (Å²) in [5.74, 6) is 0.519. The van der Waals surface area contributed by atoms with Crippen molar-refractivity contribution < 1.29 is 24.0 Å². The number of carboxylic acids is 1. The third kappa shape index (κ3) is 4.94. The van der Waals surface area contributed by atoms with E-state index in [9.17, 15) is 9.59 Å². The van der Waals surface area contributed by atoms with Crippen molar-refractivity contribution in [1.82, 2.24) is 10.1 Å². The van der Waals surface area contributed by atoms with Crippen LogP contribution in [0.5, 0.6) is 5.75 Å². The zero-order chi connectivity index (χ0) is 19.9. The second-order valence-electron chi connectivity index (χ2n) is 6.02. The summed E-state index contributed by atoms with van der Waals surface area (Å²) in [4.78, 5) is 27.2. The topological polar surface area (TPSA) is 115 Å². The van der Waals surface area contributed by atoms with Crippen LogP contribution in [-0.2, 0) is 11.2 Å². The van der Waals surface area contributed by atoms with Crippen LogP contribution in [0.2, 0.25) is 0 Å². The number of hydrogen-bond acceptors (Lipinski definition) is 6. The lowest BCUT2D eigenvalue weighted by Gasteiger charge is -2.04. The summed E-state index contributed by atoms with van der Waals surface area (Å²) >= 11 is 0. The Morgan fingerprint density at radius 1 is 1.11 bits per heavy atom. The van der Waals surface area contributed by atoms with Gasteiger partial charge in [0.05, 0.1) is 12.7 Å². The Morgan fingerprint density at radius 2 is 1.82 bits per heavy atom. The predicted molar refractivity (Wildman–Crippen MR) is 101 cm³/mol. The van der Waals surface area contributed by atoms with Gasteiger partial charge < -0.3 is 19.7 Å².